The fourth-order valence-corrected chi connectivity index (χ4v) is 6.49. The first-order valence-corrected chi connectivity index (χ1v) is 12.5. The minimum Gasteiger partial charge on any atom is -0.454 e. The summed E-state index contributed by atoms with van der Waals surface area (Å²) in [6.45, 7) is 5.28. The van der Waals surface area contributed by atoms with Crippen molar-refractivity contribution in [3.05, 3.63) is 47.0 Å². The zero-order valence-corrected chi connectivity index (χ0v) is 18.7. The Kier molecular flexibility index (Phi) is 5.47. The minimum absolute atomic E-state index is 0.260. The summed E-state index contributed by atoms with van der Waals surface area (Å²) in [6.07, 6.45) is 0.773. The normalized spacial score (nSPS) is 17.3. The van der Waals surface area contributed by atoms with E-state index in [9.17, 15) is 8.42 Å². The number of sulfonamides is 1. The molecule has 1 aromatic carbocycles. The summed E-state index contributed by atoms with van der Waals surface area (Å²) in [6, 6.07) is 9.47. The molecule has 2 aliphatic heterocycles. The number of thiophene rings is 1. The first-order chi connectivity index (χ1) is 15.0. The fourth-order valence-electron chi connectivity index (χ4n) is 3.75. The minimum atomic E-state index is -3.53. The maximum Gasteiger partial charge on any atom is 0.252 e. The monoisotopic (exact) mass is 461 g/mol. The Labute approximate surface area is 185 Å². The molecule has 2 aromatic heterocycles. The van der Waals surface area contributed by atoms with Crippen LogP contribution >= 0.6 is 11.3 Å². The SMILES string of the molecule is CCc1cc(-c2csc(S(=O)(=O)N3CCN(Cc4ccc5c(c4)OCO5)CC3)c2)on1. The van der Waals surface area contributed by atoms with Gasteiger partial charge in [0.15, 0.2) is 17.3 Å². The fraction of sp³-hybridized carbons (Fsp3) is 0.381. The molecule has 0 aliphatic carbocycles. The third-order valence-electron chi connectivity index (χ3n) is 5.55. The largest absolute Gasteiger partial charge is 0.454 e. The van der Waals surface area contributed by atoms with E-state index in [1.54, 1.807) is 10.4 Å². The van der Waals surface area contributed by atoms with Gasteiger partial charge >= 0.3 is 0 Å². The molecule has 3 aromatic rings. The molecule has 0 amide bonds. The van der Waals surface area contributed by atoms with Crippen molar-refractivity contribution >= 4 is 21.4 Å². The van der Waals surface area contributed by atoms with Crippen LogP contribution in [0.5, 0.6) is 11.5 Å². The molecule has 0 spiro atoms. The van der Waals surface area contributed by atoms with Gasteiger partial charge in [-0.25, -0.2) is 8.42 Å². The molecule has 0 bridgehead atoms. The van der Waals surface area contributed by atoms with E-state index in [2.05, 4.69) is 10.1 Å². The summed E-state index contributed by atoms with van der Waals surface area (Å²) >= 11 is 1.22. The lowest BCUT2D eigenvalue weighted by atomic mass is 10.2. The van der Waals surface area contributed by atoms with Gasteiger partial charge in [0.1, 0.15) is 4.21 Å². The lowest BCUT2D eigenvalue weighted by molar-refractivity contribution is 0.173. The molecule has 5 rings (SSSR count). The van der Waals surface area contributed by atoms with Crippen LogP contribution in [0.1, 0.15) is 18.2 Å². The molecule has 31 heavy (non-hydrogen) atoms. The van der Waals surface area contributed by atoms with E-state index >= 15 is 0 Å². The number of piperazine rings is 1. The average molecular weight is 462 g/mol. The highest BCUT2D eigenvalue weighted by Crippen LogP contribution is 2.33. The van der Waals surface area contributed by atoms with Crippen molar-refractivity contribution in [2.24, 2.45) is 0 Å². The van der Waals surface area contributed by atoms with Crippen molar-refractivity contribution in [2.45, 2.75) is 24.1 Å². The van der Waals surface area contributed by atoms with Gasteiger partial charge in [0.2, 0.25) is 6.79 Å². The van der Waals surface area contributed by atoms with Gasteiger partial charge in [-0.3, -0.25) is 4.90 Å². The Balaban J connectivity index is 1.22. The number of aryl methyl sites for hydroxylation is 1. The molecule has 4 heterocycles. The summed E-state index contributed by atoms with van der Waals surface area (Å²) in [5.41, 5.74) is 2.73. The molecule has 0 saturated carbocycles. The predicted octanol–water partition coefficient (Wildman–Crippen LogP) is 3.20. The highest BCUT2D eigenvalue weighted by atomic mass is 32.2. The van der Waals surface area contributed by atoms with Crippen LogP contribution in [0.15, 0.2) is 44.4 Å². The van der Waals surface area contributed by atoms with Crippen LogP contribution in [-0.4, -0.2) is 55.8 Å². The van der Waals surface area contributed by atoms with Crippen LogP contribution in [0, 0.1) is 0 Å². The number of nitrogens with zero attached hydrogens (tertiary/aromatic N) is 3. The summed E-state index contributed by atoms with van der Waals surface area (Å²) in [4.78, 5) is 2.25. The summed E-state index contributed by atoms with van der Waals surface area (Å²) < 4.78 is 44.3. The van der Waals surface area contributed by atoms with Crippen LogP contribution in [0.4, 0.5) is 0 Å². The molecule has 2 aliphatic rings. The van der Waals surface area contributed by atoms with Crippen molar-refractivity contribution in [3.8, 4) is 22.8 Å². The van der Waals surface area contributed by atoms with Crippen LogP contribution in [0.2, 0.25) is 0 Å². The van der Waals surface area contributed by atoms with Gasteiger partial charge < -0.3 is 14.0 Å². The first kappa shape index (κ1) is 20.5. The zero-order chi connectivity index (χ0) is 21.4. The average Bonchev–Trinajstić information content (AvgIpc) is 3.53. The van der Waals surface area contributed by atoms with Crippen LogP contribution in [-0.2, 0) is 23.0 Å². The maximum atomic E-state index is 13.1. The van der Waals surface area contributed by atoms with E-state index < -0.39 is 10.0 Å². The molecule has 0 unspecified atom stereocenters. The van der Waals surface area contributed by atoms with E-state index in [0.717, 1.165) is 41.3 Å². The molecule has 10 heteroatoms. The highest BCUT2D eigenvalue weighted by Gasteiger charge is 2.30. The van der Waals surface area contributed by atoms with Gasteiger partial charge in [-0.15, -0.1) is 11.3 Å². The lowest BCUT2D eigenvalue weighted by Gasteiger charge is -2.33. The standard InChI is InChI=1S/C21H23N3O5S2/c1-2-17-11-19(29-22-17)16-10-21(30-13-16)31(25,26)24-7-5-23(6-8-24)12-15-3-4-18-20(9-15)28-14-27-18/h3-4,9-11,13H,2,5-8,12,14H2,1H3. The smallest absolute Gasteiger partial charge is 0.252 e. The van der Waals surface area contributed by atoms with Crippen LogP contribution in [0.25, 0.3) is 11.3 Å². The van der Waals surface area contributed by atoms with E-state index in [1.165, 1.54) is 11.3 Å². The van der Waals surface area contributed by atoms with Gasteiger partial charge in [0.25, 0.3) is 10.0 Å². The molecular weight excluding hydrogens is 438 g/mol. The Morgan fingerprint density at radius 2 is 1.87 bits per heavy atom. The van der Waals surface area contributed by atoms with Crippen molar-refractivity contribution < 1.29 is 22.4 Å². The van der Waals surface area contributed by atoms with Gasteiger partial charge in [-0.05, 0) is 30.2 Å². The molecule has 0 atom stereocenters. The molecule has 164 valence electrons. The summed E-state index contributed by atoms with van der Waals surface area (Å²) in [5, 5.41) is 5.79. The van der Waals surface area contributed by atoms with E-state index in [4.69, 9.17) is 14.0 Å². The van der Waals surface area contributed by atoms with Crippen molar-refractivity contribution in [2.75, 3.05) is 33.0 Å². The predicted molar refractivity (Wildman–Crippen MR) is 116 cm³/mol. The maximum absolute atomic E-state index is 13.1. The van der Waals surface area contributed by atoms with Crippen molar-refractivity contribution in [1.82, 2.24) is 14.4 Å². The topological polar surface area (TPSA) is 85.1 Å². The Bertz CT molecular complexity index is 1180. The lowest BCUT2D eigenvalue weighted by Crippen LogP contribution is -2.48. The number of hydrogen-bond acceptors (Lipinski definition) is 8. The molecular formula is C21H23N3O5S2. The van der Waals surface area contributed by atoms with Gasteiger partial charge in [-0.2, -0.15) is 4.31 Å². The Hall–Kier alpha value is -2.40. The summed E-state index contributed by atoms with van der Waals surface area (Å²) in [7, 11) is -3.53. The Morgan fingerprint density at radius 1 is 1.06 bits per heavy atom. The number of hydrogen-bond donors (Lipinski definition) is 0. The Morgan fingerprint density at radius 3 is 2.65 bits per heavy atom. The molecule has 1 saturated heterocycles. The van der Waals surface area contributed by atoms with E-state index in [1.807, 2.05) is 36.6 Å². The second-order valence-corrected chi connectivity index (χ2v) is 10.6. The number of fused-ring (bicyclic) bond motifs is 1. The third kappa shape index (κ3) is 4.08. The van der Waals surface area contributed by atoms with Crippen LogP contribution in [0.3, 0.4) is 0 Å². The third-order valence-corrected chi connectivity index (χ3v) is 8.86. The highest BCUT2D eigenvalue weighted by molar-refractivity contribution is 7.91. The molecule has 0 N–H and O–H groups in total. The van der Waals surface area contributed by atoms with Gasteiger partial charge in [0, 0.05) is 49.7 Å². The first-order valence-electron chi connectivity index (χ1n) is 10.2. The molecule has 8 nitrogen and oxygen atoms in total. The second kappa shape index (κ2) is 8.27. The van der Waals surface area contributed by atoms with Crippen molar-refractivity contribution in [3.63, 3.8) is 0 Å². The van der Waals surface area contributed by atoms with Gasteiger partial charge in [-0.1, -0.05) is 18.1 Å². The van der Waals surface area contributed by atoms with Crippen molar-refractivity contribution in [1.29, 1.82) is 0 Å². The van der Waals surface area contributed by atoms with E-state index in [0.29, 0.717) is 36.1 Å². The zero-order valence-electron chi connectivity index (χ0n) is 17.1. The van der Waals surface area contributed by atoms with Crippen LogP contribution < -0.4 is 9.47 Å². The summed E-state index contributed by atoms with van der Waals surface area (Å²) in [5.74, 6) is 2.14. The number of rotatable bonds is 6. The van der Waals surface area contributed by atoms with Gasteiger partial charge in [0.05, 0.1) is 5.69 Å². The number of aromatic nitrogens is 1. The number of benzene rings is 1. The quantitative estimate of drug-likeness (QED) is 0.557. The van der Waals surface area contributed by atoms with E-state index in [-0.39, 0.29) is 6.79 Å². The second-order valence-electron chi connectivity index (χ2n) is 7.56. The number of ether oxygens (including phenoxy) is 2. The molecule has 1 fully saturated rings. The molecule has 0 radical (unpaired) electrons.